The van der Waals surface area contributed by atoms with Crippen molar-refractivity contribution in [2.24, 2.45) is 5.92 Å². The van der Waals surface area contributed by atoms with Gasteiger partial charge in [0, 0.05) is 19.6 Å². The molecule has 0 aliphatic carbocycles. The molecule has 1 aliphatic heterocycles. The molecular formula is C16H20N2O4. The number of carbonyl (C=O) groups excluding carboxylic acids is 1. The number of hydrogen-bond acceptors (Lipinski definition) is 3. The Kier molecular flexibility index (Phi) is 5.41. The van der Waals surface area contributed by atoms with E-state index in [-0.39, 0.29) is 12.6 Å². The quantitative estimate of drug-likeness (QED) is 0.786. The Balaban J connectivity index is 1.79. The molecule has 1 aromatic rings. The average molecular weight is 304 g/mol. The molecule has 1 fully saturated rings. The largest absolute Gasteiger partial charge is 0.490 e. The van der Waals surface area contributed by atoms with Gasteiger partial charge in [0.25, 0.3) is 0 Å². The van der Waals surface area contributed by atoms with Crippen molar-refractivity contribution >= 4 is 12.0 Å². The van der Waals surface area contributed by atoms with Crippen LogP contribution >= 0.6 is 0 Å². The molecule has 0 saturated carbocycles. The Morgan fingerprint density at radius 1 is 1.41 bits per heavy atom. The summed E-state index contributed by atoms with van der Waals surface area (Å²) in [6.07, 6.45) is 2.19. The van der Waals surface area contributed by atoms with Crippen LogP contribution in [0.2, 0.25) is 0 Å². The van der Waals surface area contributed by atoms with Gasteiger partial charge in [0.2, 0.25) is 0 Å². The zero-order valence-corrected chi connectivity index (χ0v) is 12.3. The van der Waals surface area contributed by atoms with E-state index in [9.17, 15) is 9.59 Å². The molecule has 1 atom stereocenters. The Labute approximate surface area is 129 Å². The molecule has 0 radical (unpaired) electrons. The maximum atomic E-state index is 12.0. The first-order chi connectivity index (χ1) is 10.6. The Hall–Kier alpha value is -2.50. The van der Waals surface area contributed by atoms with Crippen LogP contribution in [0.15, 0.2) is 36.9 Å². The van der Waals surface area contributed by atoms with Gasteiger partial charge in [-0.3, -0.25) is 4.79 Å². The molecule has 1 unspecified atom stereocenters. The minimum absolute atomic E-state index is 0.226. The number of benzene rings is 1. The van der Waals surface area contributed by atoms with Crippen LogP contribution in [-0.2, 0) is 11.3 Å². The fourth-order valence-corrected chi connectivity index (χ4v) is 2.29. The monoisotopic (exact) mass is 304 g/mol. The van der Waals surface area contributed by atoms with E-state index in [2.05, 4.69) is 11.9 Å². The Bertz CT molecular complexity index is 542. The highest BCUT2D eigenvalue weighted by molar-refractivity contribution is 5.77. The van der Waals surface area contributed by atoms with E-state index in [1.54, 1.807) is 11.0 Å². The molecule has 0 spiro atoms. The van der Waals surface area contributed by atoms with Crippen LogP contribution in [0, 0.1) is 5.92 Å². The van der Waals surface area contributed by atoms with E-state index in [1.807, 2.05) is 24.3 Å². The number of carbonyl (C=O) groups is 2. The van der Waals surface area contributed by atoms with Gasteiger partial charge in [0.15, 0.2) is 0 Å². The highest BCUT2D eigenvalue weighted by Gasteiger charge is 2.30. The predicted octanol–water partition coefficient (Wildman–Crippen LogP) is 1.87. The lowest BCUT2D eigenvalue weighted by Crippen LogP contribution is -2.38. The molecule has 6 heteroatoms. The summed E-state index contributed by atoms with van der Waals surface area (Å²) in [5.74, 6) is -0.545. The maximum Gasteiger partial charge on any atom is 0.317 e. The number of nitrogens with zero attached hydrogens (tertiary/aromatic N) is 1. The summed E-state index contributed by atoms with van der Waals surface area (Å²) in [6.45, 7) is 5.19. The SMILES string of the molecule is C=CCOc1ccc(CNC(=O)N2CCC(C(=O)O)C2)cc1. The topological polar surface area (TPSA) is 78.9 Å². The van der Waals surface area contributed by atoms with Gasteiger partial charge < -0.3 is 20.1 Å². The molecule has 2 rings (SSSR count). The van der Waals surface area contributed by atoms with E-state index in [1.165, 1.54) is 0 Å². The second-order valence-corrected chi connectivity index (χ2v) is 5.17. The van der Waals surface area contributed by atoms with Crippen molar-refractivity contribution in [2.75, 3.05) is 19.7 Å². The second kappa shape index (κ2) is 7.49. The van der Waals surface area contributed by atoms with Gasteiger partial charge in [-0.15, -0.1) is 0 Å². The third-order valence-electron chi connectivity index (χ3n) is 3.56. The highest BCUT2D eigenvalue weighted by atomic mass is 16.5. The van der Waals surface area contributed by atoms with Crippen molar-refractivity contribution in [1.29, 1.82) is 0 Å². The Morgan fingerprint density at radius 2 is 2.14 bits per heavy atom. The van der Waals surface area contributed by atoms with E-state index < -0.39 is 11.9 Å². The molecule has 1 saturated heterocycles. The van der Waals surface area contributed by atoms with E-state index in [0.29, 0.717) is 26.1 Å². The number of nitrogens with one attached hydrogen (secondary N) is 1. The first-order valence-corrected chi connectivity index (χ1v) is 7.18. The lowest BCUT2D eigenvalue weighted by Gasteiger charge is -2.16. The van der Waals surface area contributed by atoms with Gasteiger partial charge in [-0.25, -0.2) is 4.79 Å². The third-order valence-corrected chi connectivity index (χ3v) is 3.56. The number of carboxylic acid groups (broad SMARTS) is 1. The van der Waals surface area contributed by atoms with Crippen molar-refractivity contribution in [3.8, 4) is 5.75 Å². The number of carboxylic acids is 1. The highest BCUT2D eigenvalue weighted by Crippen LogP contribution is 2.16. The average Bonchev–Trinajstić information content (AvgIpc) is 3.02. The lowest BCUT2D eigenvalue weighted by atomic mass is 10.1. The van der Waals surface area contributed by atoms with Crippen molar-refractivity contribution in [1.82, 2.24) is 10.2 Å². The van der Waals surface area contributed by atoms with Crippen LogP contribution in [-0.4, -0.2) is 41.7 Å². The molecule has 118 valence electrons. The molecule has 1 aromatic carbocycles. The second-order valence-electron chi connectivity index (χ2n) is 5.17. The standard InChI is InChI=1S/C16H20N2O4/c1-2-9-22-14-5-3-12(4-6-14)10-17-16(21)18-8-7-13(11-18)15(19)20/h2-6,13H,1,7-11H2,(H,17,21)(H,19,20). The van der Waals surface area contributed by atoms with E-state index >= 15 is 0 Å². The van der Waals surface area contributed by atoms with Crippen molar-refractivity contribution < 1.29 is 19.4 Å². The molecule has 0 aromatic heterocycles. The minimum Gasteiger partial charge on any atom is -0.490 e. The summed E-state index contributed by atoms with van der Waals surface area (Å²) in [6, 6.07) is 7.20. The van der Waals surface area contributed by atoms with Crippen LogP contribution in [0.5, 0.6) is 5.75 Å². The van der Waals surface area contributed by atoms with Crippen LogP contribution < -0.4 is 10.1 Å². The summed E-state index contributed by atoms with van der Waals surface area (Å²) in [5, 5.41) is 11.7. The van der Waals surface area contributed by atoms with Gasteiger partial charge >= 0.3 is 12.0 Å². The normalized spacial score (nSPS) is 17.1. The molecule has 6 nitrogen and oxygen atoms in total. The van der Waals surface area contributed by atoms with Crippen LogP contribution in [0.1, 0.15) is 12.0 Å². The third kappa shape index (κ3) is 4.25. The fraction of sp³-hybridized carbons (Fsp3) is 0.375. The van der Waals surface area contributed by atoms with Gasteiger partial charge in [-0.2, -0.15) is 0 Å². The molecule has 2 amide bonds. The van der Waals surface area contributed by atoms with Crippen molar-refractivity contribution in [3.63, 3.8) is 0 Å². The molecule has 22 heavy (non-hydrogen) atoms. The summed E-state index contributed by atoms with van der Waals surface area (Å²) in [4.78, 5) is 24.4. The lowest BCUT2D eigenvalue weighted by molar-refractivity contribution is -0.141. The molecule has 2 N–H and O–H groups in total. The van der Waals surface area contributed by atoms with Crippen molar-refractivity contribution in [3.05, 3.63) is 42.5 Å². The number of aliphatic carboxylic acids is 1. The summed E-state index contributed by atoms with van der Waals surface area (Å²) in [5.41, 5.74) is 0.952. The molecular weight excluding hydrogens is 284 g/mol. The van der Waals surface area contributed by atoms with Crippen LogP contribution in [0.3, 0.4) is 0 Å². The van der Waals surface area contributed by atoms with Gasteiger partial charge in [-0.1, -0.05) is 24.8 Å². The van der Waals surface area contributed by atoms with Crippen molar-refractivity contribution in [2.45, 2.75) is 13.0 Å². The number of ether oxygens (including phenoxy) is 1. The summed E-state index contributed by atoms with van der Waals surface area (Å²) in [7, 11) is 0. The zero-order chi connectivity index (χ0) is 15.9. The molecule has 0 bridgehead atoms. The maximum absolute atomic E-state index is 12.0. The van der Waals surface area contributed by atoms with Gasteiger partial charge in [-0.05, 0) is 24.1 Å². The molecule has 1 aliphatic rings. The summed E-state index contributed by atoms with van der Waals surface area (Å²) < 4.78 is 5.38. The fourth-order valence-electron chi connectivity index (χ4n) is 2.29. The first-order valence-electron chi connectivity index (χ1n) is 7.18. The summed E-state index contributed by atoms with van der Waals surface area (Å²) >= 11 is 0. The molecule has 1 heterocycles. The van der Waals surface area contributed by atoms with E-state index in [4.69, 9.17) is 9.84 Å². The van der Waals surface area contributed by atoms with Gasteiger partial charge in [0.05, 0.1) is 5.92 Å². The number of rotatable bonds is 6. The zero-order valence-electron chi connectivity index (χ0n) is 12.3. The van der Waals surface area contributed by atoms with Crippen LogP contribution in [0.4, 0.5) is 4.79 Å². The Morgan fingerprint density at radius 3 is 2.73 bits per heavy atom. The smallest absolute Gasteiger partial charge is 0.317 e. The van der Waals surface area contributed by atoms with E-state index in [0.717, 1.165) is 11.3 Å². The predicted molar refractivity (Wildman–Crippen MR) is 81.7 cm³/mol. The minimum atomic E-state index is -0.842. The number of hydrogen-bond donors (Lipinski definition) is 2. The van der Waals surface area contributed by atoms with Crippen LogP contribution in [0.25, 0.3) is 0 Å². The van der Waals surface area contributed by atoms with Gasteiger partial charge in [0.1, 0.15) is 12.4 Å². The number of likely N-dealkylation sites (tertiary alicyclic amines) is 1. The number of urea groups is 1. The number of amides is 2. The first kappa shape index (κ1) is 15.9.